The third-order valence-corrected chi connectivity index (χ3v) is 2.84. The number of hydrogen-bond acceptors (Lipinski definition) is 3. The van der Waals surface area contributed by atoms with Crippen LogP contribution in [-0.2, 0) is 0 Å². The summed E-state index contributed by atoms with van der Waals surface area (Å²) in [6.07, 6.45) is 1.82. The molecule has 0 bridgehead atoms. The van der Waals surface area contributed by atoms with Gasteiger partial charge in [-0.3, -0.25) is 0 Å². The normalized spacial score (nSPS) is 14.1. The molecule has 0 aliphatic heterocycles. The molecule has 0 radical (unpaired) electrons. The first-order valence-electron chi connectivity index (χ1n) is 4.79. The number of thioether (sulfide) groups is 1. The zero-order valence-electron chi connectivity index (χ0n) is 9.24. The number of rotatable bonds is 2. The maximum atomic E-state index is 5.88. The second-order valence-electron chi connectivity index (χ2n) is 4.40. The SMILES string of the molecule is CC(N)c1cccnc1SC(C)(C)C. The molecule has 0 aliphatic carbocycles. The largest absolute Gasteiger partial charge is 0.324 e. The number of nitrogens with zero attached hydrogens (tertiary/aromatic N) is 1. The zero-order chi connectivity index (χ0) is 10.8. The summed E-state index contributed by atoms with van der Waals surface area (Å²) in [5.41, 5.74) is 7.01. The van der Waals surface area contributed by atoms with E-state index >= 15 is 0 Å². The summed E-state index contributed by atoms with van der Waals surface area (Å²) < 4.78 is 0.179. The highest BCUT2D eigenvalue weighted by Gasteiger charge is 2.16. The summed E-state index contributed by atoms with van der Waals surface area (Å²) in [5, 5.41) is 1.05. The van der Waals surface area contributed by atoms with E-state index in [4.69, 9.17) is 5.73 Å². The standard InChI is InChI=1S/C11H18N2S/c1-8(12)9-6-5-7-13-10(9)14-11(2,3)4/h5-8H,12H2,1-4H3. The Kier molecular flexibility index (Phi) is 3.56. The minimum Gasteiger partial charge on any atom is -0.324 e. The van der Waals surface area contributed by atoms with Crippen molar-refractivity contribution >= 4 is 11.8 Å². The van der Waals surface area contributed by atoms with Crippen LogP contribution in [0.4, 0.5) is 0 Å². The van der Waals surface area contributed by atoms with Gasteiger partial charge in [0.15, 0.2) is 0 Å². The molecule has 0 saturated carbocycles. The highest BCUT2D eigenvalue weighted by Crippen LogP contribution is 2.33. The lowest BCUT2D eigenvalue weighted by Crippen LogP contribution is -2.12. The first kappa shape index (κ1) is 11.5. The molecule has 78 valence electrons. The minimum atomic E-state index is 0.0496. The maximum absolute atomic E-state index is 5.88. The quantitative estimate of drug-likeness (QED) is 0.763. The zero-order valence-corrected chi connectivity index (χ0v) is 10.1. The summed E-state index contributed by atoms with van der Waals surface area (Å²) >= 11 is 1.76. The predicted octanol–water partition coefficient (Wildman–Crippen LogP) is 2.99. The van der Waals surface area contributed by atoms with Crippen LogP contribution < -0.4 is 5.73 Å². The number of nitrogens with two attached hydrogens (primary N) is 1. The maximum Gasteiger partial charge on any atom is 0.101 e. The molecule has 1 aromatic heterocycles. The predicted molar refractivity (Wildman–Crippen MR) is 62.4 cm³/mol. The number of aromatic nitrogens is 1. The molecule has 1 unspecified atom stereocenters. The molecule has 1 aromatic rings. The number of pyridine rings is 1. The van der Waals surface area contributed by atoms with E-state index < -0.39 is 0 Å². The summed E-state index contributed by atoms with van der Waals surface area (Å²) in [6, 6.07) is 4.03. The van der Waals surface area contributed by atoms with Crippen molar-refractivity contribution in [3.05, 3.63) is 23.9 Å². The number of hydrogen-bond donors (Lipinski definition) is 1. The Bertz CT molecular complexity index is 302. The third-order valence-electron chi connectivity index (χ3n) is 1.69. The molecule has 3 heteroatoms. The third kappa shape index (κ3) is 3.31. The van der Waals surface area contributed by atoms with Crippen LogP contribution in [0.5, 0.6) is 0 Å². The van der Waals surface area contributed by atoms with Crippen molar-refractivity contribution in [2.45, 2.75) is 43.5 Å². The molecule has 0 amide bonds. The van der Waals surface area contributed by atoms with Crippen molar-refractivity contribution in [1.82, 2.24) is 4.98 Å². The van der Waals surface area contributed by atoms with Crippen molar-refractivity contribution in [3.8, 4) is 0 Å². The van der Waals surface area contributed by atoms with Crippen LogP contribution in [-0.4, -0.2) is 9.73 Å². The van der Waals surface area contributed by atoms with E-state index in [2.05, 4.69) is 25.8 Å². The average molecular weight is 210 g/mol. The van der Waals surface area contributed by atoms with E-state index in [0.717, 1.165) is 10.6 Å². The molecule has 14 heavy (non-hydrogen) atoms. The smallest absolute Gasteiger partial charge is 0.101 e. The van der Waals surface area contributed by atoms with Gasteiger partial charge in [0.05, 0.1) is 0 Å². The van der Waals surface area contributed by atoms with Crippen LogP contribution in [0.2, 0.25) is 0 Å². The van der Waals surface area contributed by atoms with Crippen LogP contribution in [0.3, 0.4) is 0 Å². The highest BCUT2D eigenvalue weighted by atomic mass is 32.2. The molecular formula is C11H18N2S. The van der Waals surface area contributed by atoms with Crippen LogP contribution in [0.1, 0.15) is 39.3 Å². The van der Waals surface area contributed by atoms with E-state index in [9.17, 15) is 0 Å². The molecule has 0 aliphatic rings. The van der Waals surface area contributed by atoms with Crippen molar-refractivity contribution < 1.29 is 0 Å². The van der Waals surface area contributed by atoms with Crippen LogP contribution in [0.25, 0.3) is 0 Å². The Hall–Kier alpha value is -0.540. The van der Waals surface area contributed by atoms with Crippen molar-refractivity contribution in [2.75, 3.05) is 0 Å². The fraction of sp³-hybridized carbons (Fsp3) is 0.545. The topological polar surface area (TPSA) is 38.9 Å². The Morgan fingerprint density at radius 2 is 2.07 bits per heavy atom. The van der Waals surface area contributed by atoms with E-state index in [1.807, 2.05) is 25.3 Å². The Labute approximate surface area is 90.3 Å². The molecule has 2 nitrogen and oxygen atoms in total. The molecule has 0 aromatic carbocycles. The molecular weight excluding hydrogens is 192 g/mol. The van der Waals surface area contributed by atoms with Crippen molar-refractivity contribution in [1.29, 1.82) is 0 Å². The van der Waals surface area contributed by atoms with Gasteiger partial charge in [0.25, 0.3) is 0 Å². The van der Waals surface area contributed by atoms with Crippen LogP contribution >= 0.6 is 11.8 Å². The molecule has 1 atom stereocenters. The van der Waals surface area contributed by atoms with Gasteiger partial charge < -0.3 is 5.73 Å². The molecule has 0 spiro atoms. The fourth-order valence-electron chi connectivity index (χ4n) is 1.13. The van der Waals surface area contributed by atoms with E-state index in [0.29, 0.717) is 0 Å². The second kappa shape index (κ2) is 4.32. The van der Waals surface area contributed by atoms with E-state index in [1.165, 1.54) is 0 Å². The van der Waals surface area contributed by atoms with Crippen LogP contribution in [0, 0.1) is 0 Å². The van der Waals surface area contributed by atoms with Gasteiger partial charge in [-0.15, -0.1) is 11.8 Å². The van der Waals surface area contributed by atoms with E-state index in [-0.39, 0.29) is 10.8 Å². The Morgan fingerprint density at radius 3 is 2.57 bits per heavy atom. The summed E-state index contributed by atoms with van der Waals surface area (Å²) in [7, 11) is 0. The molecule has 2 N–H and O–H groups in total. The monoisotopic (exact) mass is 210 g/mol. The molecule has 1 rings (SSSR count). The molecule has 0 saturated heterocycles. The summed E-state index contributed by atoms with van der Waals surface area (Å²) in [6.45, 7) is 8.52. The molecule has 0 fully saturated rings. The van der Waals surface area contributed by atoms with Crippen molar-refractivity contribution in [3.63, 3.8) is 0 Å². The lowest BCUT2D eigenvalue weighted by atomic mass is 10.2. The van der Waals surface area contributed by atoms with Gasteiger partial charge in [-0.1, -0.05) is 26.8 Å². The average Bonchev–Trinajstić information content (AvgIpc) is 2.01. The van der Waals surface area contributed by atoms with Gasteiger partial charge in [0.2, 0.25) is 0 Å². The molecule has 1 heterocycles. The van der Waals surface area contributed by atoms with Gasteiger partial charge in [0.1, 0.15) is 5.03 Å². The van der Waals surface area contributed by atoms with Crippen LogP contribution in [0.15, 0.2) is 23.4 Å². The summed E-state index contributed by atoms with van der Waals surface area (Å²) in [5.74, 6) is 0. The van der Waals surface area contributed by atoms with Gasteiger partial charge in [-0.05, 0) is 13.0 Å². The Balaban J connectivity index is 2.96. The van der Waals surface area contributed by atoms with Gasteiger partial charge in [-0.25, -0.2) is 4.98 Å². The van der Waals surface area contributed by atoms with E-state index in [1.54, 1.807) is 11.8 Å². The van der Waals surface area contributed by atoms with Gasteiger partial charge >= 0.3 is 0 Å². The Morgan fingerprint density at radius 1 is 1.43 bits per heavy atom. The highest BCUT2D eigenvalue weighted by molar-refractivity contribution is 8.00. The van der Waals surface area contributed by atoms with Crippen molar-refractivity contribution in [2.24, 2.45) is 5.73 Å². The second-order valence-corrected chi connectivity index (χ2v) is 6.22. The lowest BCUT2D eigenvalue weighted by molar-refractivity contribution is 0.764. The fourth-order valence-corrected chi connectivity index (χ4v) is 2.19. The lowest BCUT2D eigenvalue weighted by Gasteiger charge is -2.19. The first-order chi connectivity index (χ1) is 6.40. The summed E-state index contributed by atoms with van der Waals surface area (Å²) in [4.78, 5) is 4.37. The van der Waals surface area contributed by atoms with Gasteiger partial charge in [0, 0.05) is 22.5 Å². The minimum absolute atomic E-state index is 0.0496. The van der Waals surface area contributed by atoms with Gasteiger partial charge in [-0.2, -0.15) is 0 Å². The first-order valence-corrected chi connectivity index (χ1v) is 5.61.